The first-order chi connectivity index (χ1) is 14.3. The molecule has 0 saturated heterocycles. The molecule has 30 heavy (non-hydrogen) atoms. The molecule has 2 aromatic carbocycles. The van der Waals surface area contributed by atoms with E-state index >= 15 is 0 Å². The molecular formula is C21H19BrIN3O4. The second-order valence-electron chi connectivity index (χ2n) is 6.38. The molecule has 3 aromatic rings. The van der Waals surface area contributed by atoms with Gasteiger partial charge in [-0.2, -0.15) is 9.78 Å². The minimum Gasteiger partial charge on any atom is -0.478 e. The third kappa shape index (κ3) is 5.07. The van der Waals surface area contributed by atoms with Gasteiger partial charge in [-0.3, -0.25) is 4.79 Å². The zero-order chi connectivity index (χ0) is 21.8. The number of rotatable bonds is 6. The maximum absolute atomic E-state index is 12.8. The van der Waals surface area contributed by atoms with Gasteiger partial charge in [0.2, 0.25) is 0 Å². The SMILES string of the molecule is CCOC(=O)[C@@H](C)Oc1ccc(C=Nn2c(C)nc3ccc(Br)cc3c2=O)cc1I. The monoisotopic (exact) mass is 583 g/mol. The van der Waals surface area contributed by atoms with Crippen molar-refractivity contribution in [2.24, 2.45) is 5.10 Å². The van der Waals surface area contributed by atoms with E-state index in [4.69, 9.17) is 9.47 Å². The number of hydrogen-bond donors (Lipinski definition) is 0. The third-order valence-corrected chi connectivity index (χ3v) is 5.51. The van der Waals surface area contributed by atoms with E-state index < -0.39 is 12.1 Å². The predicted molar refractivity (Wildman–Crippen MR) is 127 cm³/mol. The molecule has 0 N–H and O–H groups in total. The largest absolute Gasteiger partial charge is 0.478 e. The molecule has 0 saturated carbocycles. The van der Waals surface area contributed by atoms with Gasteiger partial charge in [-0.15, -0.1) is 0 Å². The highest BCUT2D eigenvalue weighted by atomic mass is 127. The van der Waals surface area contributed by atoms with Crippen LogP contribution in [0.15, 0.2) is 50.8 Å². The summed E-state index contributed by atoms with van der Waals surface area (Å²) in [6.07, 6.45) is 0.878. The molecule has 1 atom stereocenters. The quantitative estimate of drug-likeness (QED) is 0.246. The van der Waals surface area contributed by atoms with Gasteiger partial charge in [0.05, 0.1) is 27.3 Å². The average molecular weight is 584 g/mol. The molecule has 0 spiro atoms. The predicted octanol–water partition coefficient (Wildman–Crippen LogP) is 4.28. The van der Waals surface area contributed by atoms with E-state index in [0.29, 0.717) is 29.1 Å². The van der Waals surface area contributed by atoms with Crippen molar-refractivity contribution in [3.63, 3.8) is 0 Å². The molecule has 0 aliphatic heterocycles. The molecular weight excluding hydrogens is 565 g/mol. The number of halogens is 2. The van der Waals surface area contributed by atoms with Gasteiger partial charge in [-0.1, -0.05) is 15.9 Å². The van der Waals surface area contributed by atoms with Crippen LogP contribution >= 0.6 is 38.5 Å². The molecule has 0 amide bonds. The molecule has 9 heteroatoms. The summed E-state index contributed by atoms with van der Waals surface area (Å²) in [4.78, 5) is 29.0. The average Bonchev–Trinajstić information content (AvgIpc) is 2.70. The minimum absolute atomic E-state index is 0.243. The molecule has 3 rings (SSSR count). The maximum atomic E-state index is 12.8. The number of hydrogen-bond acceptors (Lipinski definition) is 6. The summed E-state index contributed by atoms with van der Waals surface area (Å²) in [5.74, 6) is 0.645. The lowest BCUT2D eigenvalue weighted by Crippen LogP contribution is -2.26. The number of benzene rings is 2. The normalized spacial score (nSPS) is 12.3. The fraction of sp³-hybridized carbons (Fsp3) is 0.238. The summed E-state index contributed by atoms with van der Waals surface area (Å²) in [6, 6.07) is 10.8. The molecule has 0 bridgehead atoms. The Morgan fingerprint density at radius 2 is 2.10 bits per heavy atom. The molecule has 156 valence electrons. The highest BCUT2D eigenvalue weighted by Crippen LogP contribution is 2.23. The van der Waals surface area contributed by atoms with Crippen molar-refractivity contribution >= 4 is 61.6 Å². The number of ether oxygens (including phenoxy) is 2. The van der Waals surface area contributed by atoms with Gasteiger partial charge in [0, 0.05) is 4.47 Å². The Kier molecular flexibility index (Phi) is 7.24. The van der Waals surface area contributed by atoms with Crippen molar-refractivity contribution in [2.75, 3.05) is 6.61 Å². The maximum Gasteiger partial charge on any atom is 0.347 e. The molecule has 0 unspecified atom stereocenters. The van der Waals surface area contributed by atoms with Crippen LogP contribution in [0.5, 0.6) is 5.75 Å². The van der Waals surface area contributed by atoms with E-state index in [1.165, 1.54) is 4.68 Å². The van der Waals surface area contributed by atoms with Gasteiger partial charge in [0.25, 0.3) is 5.56 Å². The van der Waals surface area contributed by atoms with Gasteiger partial charge in [0.15, 0.2) is 6.10 Å². The first-order valence-electron chi connectivity index (χ1n) is 9.16. The summed E-state index contributed by atoms with van der Waals surface area (Å²) < 4.78 is 13.5. The number of aryl methyl sites for hydroxylation is 1. The Labute approximate surface area is 195 Å². The summed E-state index contributed by atoms with van der Waals surface area (Å²) >= 11 is 5.50. The lowest BCUT2D eigenvalue weighted by atomic mass is 10.2. The number of carbonyl (C=O) groups is 1. The molecule has 1 heterocycles. The first kappa shape index (κ1) is 22.4. The van der Waals surface area contributed by atoms with Crippen molar-refractivity contribution in [3.8, 4) is 5.75 Å². The van der Waals surface area contributed by atoms with E-state index in [1.807, 2.05) is 12.1 Å². The molecule has 0 aliphatic rings. The second-order valence-corrected chi connectivity index (χ2v) is 8.46. The van der Waals surface area contributed by atoms with E-state index in [9.17, 15) is 9.59 Å². The van der Waals surface area contributed by atoms with Crippen molar-refractivity contribution < 1.29 is 14.3 Å². The Morgan fingerprint density at radius 3 is 2.80 bits per heavy atom. The highest BCUT2D eigenvalue weighted by molar-refractivity contribution is 14.1. The number of carbonyl (C=O) groups excluding carboxylic acids is 1. The van der Waals surface area contributed by atoms with Crippen molar-refractivity contribution in [2.45, 2.75) is 26.9 Å². The van der Waals surface area contributed by atoms with E-state index in [1.54, 1.807) is 51.3 Å². The van der Waals surface area contributed by atoms with Gasteiger partial charge >= 0.3 is 5.97 Å². The zero-order valence-corrected chi connectivity index (χ0v) is 20.3. The lowest BCUT2D eigenvalue weighted by Gasteiger charge is -2.14. The molecule has 0 radical (unpaired) electrons. The van der Waals surface area contributed by atoms with Gasteiger partial charge in [0.1, 0.15) is 11.6 Å². The van der Waals surface area contributed by atoms with E-state index in [-0.39, 0.29) is 5.56 Å². The second kappa shape index (κ2) is 9.69. The van der Waals surface area contributed by atoms with Crippen LogP contribution in [0, 0.1) is 10.5 Å². The number of nitrogens with zero attached hydrogens (tertiary/aromatic N) is 3. The van der Waals surface area contributed by atoms with Crippen LogP contribution in [0.25, 0.3) is 10.9 Å². The lowest BCUT2D eigenvalue weighted by molar-refractivity contribution is -0.150. The molecule has 7 nitrogen and oxygen atoms in total. The molecule has 0 fully saturated rings. The highest BCUT2D eigenvalue weighted by Gasteiger charge is 2.17. The van der Waals surface area contributed by atoms with Gasteiger partial charge in [-0.25, -0.2) is 9.78 Å². The standard InChI is InChI=1S/C21H19BrIN3O4/c1-4-29-21(28)12(2)30-19-8-5-14(9-17(19)23)11-24-26-13(3)25-18-7-6-15(22)10-16(18)20(26)27/h5-12H,4H2,1-3H3/t12-/m1/s1. The van der Waals surface area contributed by atoms with Crippen LogP contribution in [-0.2, 0) is 9.53 Å². The summed E-state index contributed by atoms with van der Waals surface area (Å²) in [5, 5.41) is 4.81. The van der Waals surface area contributed by atoms with Crippen LogP contribution in [0.1, 0.15) is 25.2 Å². The van der Waals surface area contributed by atoms with E-state index in [0.717, 1.165) is 13.6 Å². The summed E-state index contributed by atoms with van der Waals surface area (Å²) in [6.45, 7) is 5.43. The molecule has 1 aromatic heterocycles. The van der Waals surface area contributed by atoms with Gasteiger partial charge in [-0.05, 0) is 85.3 Å². The Bertz CT molecular complexity index is 1190. The Morgan fingerprint density at radius 1 is 1.33 bits per heavy atom. The number of esters is 1. The first-order valence-corrected chi connectivity index (χ1v) is 11.0. The van der Waals surface area contributed by atoms with Crippen molar-refractivity contribution in [3.05, 3.63) is 66.2 Å². The smallest absolute Gasteiger partial charge is 0.347 e. The van der Waals surface area contributed by atoms with Crippen molar-refractivity contribution in [1.29, 1.82) is 0 Å². The van der Waals surface area contributed by atoms with Gasteiger partial charge < -0.3 is 9.47 Å². The summed E-state index contributed by atoms with van der Waals surface area (Å²) in [5.41, 5.74) is 1.16. The van der Waals surface area contributed by atoms with Crippen molar-refractivity contribution in [1.82, 2.24) is 9.66 Å². The number of fused-ring (bicyclic) bond motifs is 1. The van der Waals surface area contributed by atoms with E-state index in [2.05, 4.69) is 48.6 Å². The zero-order valence-electron chi connectivity index (χ0n) is 16.6. The fourth-order valence-corrected chi connectivity index (χ4v) is 3.74. The van der Waals surface area contributed by atoms with Crippen LogP contribution in [0.2, 0.25) is 0 Å². The van der Waals surface area contributed by atoms with Crippen LogP contribution < -0.4 is 10.3 Å². The Hall–Kier alpha value is -2.27. The fourth-order valence-electron chi connectivity index (χ4n) is 2.71. The van der Waals surface area contributed by atoms with Crippen LogP contribution in [-0.4, -0.2) is 34.6 Å². The van der Waals surface area contributed by atoms with Crippen LogP contribution in [0.4, 0.5) is 0 Å². The Balaban J connectivity index is 1.86. The topological polar surface area (TPSA) is 82.8 Å². The minimum atomic E-state index is -0.706. The third-order valence-electron chi connectivity index (χ3n) is 4.17. The molecule has 0 aliphatic carbocycles. The van der Waals surface area contributed by atoms with Crippen LogP contribution in [0.3, 0.4) is 0 Å². The summed E-state index contributed by atoms with van der Waals surface area (Å²) in [7, 11) is 0. The number of aromatic nitrogens is 2.